The number of amides is 2. The van der Waals surface area contributed by atoms with Crippen LogP contribution in [0.3, 0.4) is 0 Å². The molecule has 0 heterocycles. The molecule has 6 heteroatoms. The summed E-state index contributed by atoms with van der Waals surface area (Å²) >= 11 is 0. The smallest absolute Gasteiger partial charge is 0.251 e. The summed E-state index contributed by atoms with van der Waals surface area (Å²) in [7, 11) is 1.37. The van der Waals surface area contributed by atoms with Gasteiger partial charge in [0.15, 0.2) is 11.6 Å². The van der Waals surface area contributed by atoms with Crippen molar-refractivity contribution in [1.82, 2.24) is 5.32 Å². The molecule has 3 aromatic carbocycles. The van der Waals surface area contributed by atoms with E-state index in [9.17, 15) is 14.0 Å². The first kappa shape index (κ1) is 20.1. The molecule has 0 spiro atoms. The Labute approximate surface area is 168 Å². The van der Waals surface area contributed by atoms with Crippen molar-refractivity contribution in [3.05, 3.63) is 95.8 Å². The van der Waals surface area contributed by atoms with E-state index in [1.54, 1.807) is 30.3 Å². The van der Waals surface area contributed by atoms with Gasteiger partial charge in [-0.05, 0) is 29.8 Å². The lowest BCUT2D eigenvalue weighted by Crippen LogP contribution is -2.31. The summed E-state index contributed by atoms with van der Waals surface area (Å²) in [6.07, 6.45) is -0.00373. The van der Waals surface area contributed by atoms with Crippen molar-refractivity contribution in [1.29, 1.82) is 0 Å². The van der Waals surface area contributed by atoms with Crippen LogP contribution in [0.5, 0.6) is 5.75 Å². The SMILES string of the molecule is COc1ccc(NC(=O)CC(NC(=O)c2ccccc2)c2ccccc2)cc1F. The number of hydrogen-bond donors (Lipinski definition) is 2. The third-order valence-corrected chi connectivity index (χ3v) is 4.37. The molecule has 0 aliphatic rings. The van der Waals surface area contributed by atoms with Crippen molar-refractivity contribution in [3.8, 4) is 5.75 Å². The van der Waals surface area contributed by atoms with Gasteiger partial charge in [0, 0.05) is 17.3 Å². The van der Waals surface area contributed by atoms with Crippen molar-refractivity contribution in [2.45, 2.75) is 12.5 Å². The van der Waals surface area contributed by atoms with Gasteiger partial charge in [-0.1, -0.05) is 48.5 Å². The summed E-state index contributed by atoms with van der Waals surface area (Å²) in [6.45, 7) is 0. The van der Waals surface area contributed by atoms with Gasteiger partial charge in [0.05, 0.1) is 19.6 Å². The Kier molecular flexibility index (Phi) is 6.58. The van der Waals surface area contributed by atoms with Crippen LogP contribution in [0.1, 0.15) is 28.4 Å². The summed E-state index contributed by atoms with van der Waals surface area (Å²) in [5.74, 6) is -1.10. The number of rotatable bonds is 7. The molecule has 1 atom stereocenters. The van der Waals surface area contributed by atoms with Crippen LogP contribution in [0.2, 0.25) is 0 Å². The van der Waals surface area contributed by atoms with Crippen molar-refractivity contribution in [2.24, 2.45) is 0 Å². The number of anilines is 1. The average Bonchev–Trinajstić information content (AvgIpc) is 2.74. The average molecular weight is 392 g/mol. The van der Waals surface area contributed by atoms with E-state index >= 15 is 0 Å². The van der Waals surface area contributed by atoms with Crippen LogP contribution in [-0.2, 0) is 4.79 Å². The minimum atomic E-state index is -0.567. The summed E-state index contributed by atoms with van der Waals surface area (Å²) in [5, 5.41) is 5.56. The molecule has 0 saturated carbocycles. The molecule has 0 radical (unpaired) electrons. The molecular weight excluding hydrogens is 371 g/mol. The van der Waals surface area contributed by atoms with Crippen molar-refractivity contribution < 1.29 is 18.7 Å². The summed E-state index contributed by atoms with van der Waals surface area (Å²) in [6, 6.07) is 21.7. The number of hydrogen-bond acceptors (Lipinski definition) is 3. The van der Waals surface area contributed by atoms with Gasteiger partial charge in [0.2, 0.25) is 5.91 Å². The summed E-state index contributed by atoms with van der Waals surface area (Å²) < 4.78 is 18.7. The highest BCUT2D eigenvalue weighted by Crippen LogP contribution is 2.22. The van der Waals surface area contributed by atoms with E-state index in [-0.39, 0.29) is 24.0 Å². The number of nitrogens with one attached hydrogen (secondary N) is 2. The van der Waals surface area contributed by atoms with Gasteiger partial charge < -0.3 is 15.4 Å². The Bertz CT molecular complexity index is 978. The molecule has 1 unspecified atom stereocenters. The number of ether oxygens (including phenoxy) is 1. The van der Waals surface area contributed by atoms with E-state index in [0.717, 1.165) is 5.56 Å². The van der Waals surface area contributed by atoms with E-state index in [1.807, 2.05) is 36.4 Å². The molecule has 5 nitrogen and oxygen atoms in total. The zero-order valence-corrected chi connectivity index (χ0v) is 15.9. The van der Waals surface area contributed by atoms with E-state index < -0.39 is 11.9 Å². The number of carbonyl (C=O) groups excluding carboxylic acids is 2. The minimum Gasteiger partial charge on any atom is -0.494 e. The van der Waals surface area contributed by atoms with Crippen LogP contribution >= 0.6 is 0 Å². The minimum absolute atomic E-state index is 0.00373. The second-order valence-electron chi connectivity index (χ2n) is 6.40. The highest BCUT2D eigenvalue weighted by Gasteiger charge is 2.19. The number of methoxy groups -OCH3 is 1. The zero-order valence-electron chi connectivity index (χ0n) is 15.9. The van der Waals surface area contributed by atoms with Crippen LogP contribution in [-0.4, -0.2) is 18.9 Å². The van der Waals surface area contributed by atoms with E-state index in [0.29, 0.717) is 11.3 Å². The molecule has 3 aromatic rings. The fraction of sp³-hybridized carbons (Fsp3) is 0.130. The molecule has 148 valence electrons. The normalized spacial score (nSPS) is 11.4. The molecule has 0 fully saturated rings. The Morgan fingerprint density at radius 2 is 1.62 bits per heavy atom. The third kappa shape index (κ3) is 5.42. The molecule has 0 aliphatic carbocycles. The van der Waals surface area contributed by atoms with Gasteiger partial charge in [-0.25, -0.2) is 4.39 Å². The van der Waals surface area contributed by atoms with Gasteiger partial charge in [-0.2, -0.15) is 0 Å². The molecule has 0 bridgehead atoms. The van der Waals surface area contributed by atoms with Gasteiger partial charge in [0.1, 0.15) is 0 Å². The largest absolute Gasteiger partial charge is 0.494 e. The molecule has 2 amide bonds. The van der Waals surface area contributed by atoms with E-state index in [2.05, 4.69) is 10.6 Å². The Morgan fingerprint density at radius 1 is 0.966 bits per heavy atom. The summed E-state index contributed by atoms with van der Waals surface area (Å²) in [4.78, 5) is 25.1. The van der Waals surface area contributed by atoms with E-state index in [4.69, 9.17) is 4.74 Å². The standard InChI is InChI=1S/C23H21FN2O3/c1-29-21-13-12-18(14-19(21)24)25-22(27)15-20(16-8-4-2-5-9-16)26-23(28)17-10-6-3-7-11-17/h2-14,20H,15H2,1H3,(H,25,27)(H,26,28). The molecule has 2 N–H and O–H groups in total. The lowest BCUT2D eigenvalue weighted by Gasteiger charge is -2.19. The van der Waals surface area contributed by atoms with E-state index in [1.165, 1.54) is 19.2 Å². The second kappa shape index (κ2) is 9.50. The van der Waals surface area contributed by atoms with Crippen molar-refractivity contribution in [2.75, 3.05) is 12.4 Å². The maximum atomic E-state index is 13.9. The van der Waals surface area contributed by atoms with Gasteiger partial charge in [-0.3, -0.25) is 9.59 Å². The first-order valence-corrected chi connectivity index (χ1v) is 9.11. The zero-order chi connectivity index (χ0) is 20.6. The molecule has 29 heavy (non-hydrogen) atoms. The molecular formula is C23H21FN2O3. The Balaban J connectivity index is 1.73. The fourth-order valence-electron chi connectivity index (χ4n) is 2.91. The fourth-order valence-corrected chi connectivity index (χ4v) is 2.91. The molecule has 0 aromatic heterocycles. The van der Waals surface area contributed by atoms with Gasteiger partial charge in [0.25, 0.3) is 5.91 Å². The number of halogens is 1. The first-order valence-electron chi connectivity index (χ1n) is 9.11. The molecule has 0 saturated heterocycles. The first-order chi connectivity index (χ1) is 14.1. The lowest BCUT2D eigenvalue weighted by atomic mass is 10.0. The number of benzene rings is 3. The van der Waals surface area contributed by atoms with Crippen LogP contribution in [0.25, 0.3) is 0 Å². The Hall–Kier alpha value is -3.67. The molecule has 0 aliphatic heterocycles. The van der Waals surface area contributed by atoms with Gasteiger partial charge >= 0.3 is 0 Å². The van der Waals surface area contributed by atoms with Crippen molar-refractivity contribution >= 4 is 17.5 Å². The maximum Gasteiger partial charge on any atom is 0.251 e. The van der Waals surface area contributed by atoms with Crippen LogP contribution in [0.15, 0.2) is 78.9 Å². The summed E-state index contributed by atoms with van der Waals surface area (Å²) in [5.41, 5.74) is 1.62. The second-order valence-corrected chi connectivity index (χ2v) is 6.40. The van der Waals surface area contributed by atoms with Crippen LogP contribution < -0.4 is 15.4 Å². The quantitative estimate of drug-likeness (QED) is 0.629. The maximum absolute atomic E-state index is 13.9. The predicted molar refractivity (Wildman–Crippen MR) is 109 cm³/mol. The highest BCUT2D eigenvalue weighted by molar-refractivity contribution is 5.95. The third-order valence-electron chi connectivity index (χ3n) is 4.37. The Morgan fingerprint density at radius 3 is 2.24 bits per heavy atom. The highest BCUT2D eigenvalue weighted by atomic mass is 19.1. The van der Waals surface area contributed by atoms with Crippen LogP contribution in [0.4, 0.5) is 10.1 Å². The molecule has 3 rings (SSSR count). The van der Waals surface area contributed by atoms with Gasteiger partial charge in [-0.15, -0.1) is 0 Å². The van der Waals surface area contributed by atoms with Crippen LogP contribution in [0, 0.1) is 5.82 Å². The van der Waals surface area contributed by atoms with Crippen molar-refractivity contribution in [3.63, 3.8) is 0 Å². The predicted octanol–water partition coefficient (Wildman–Crippen LogP) is 4.33. The monoisotopic (exact) mass is 392 g/mol. The lowest BCUT2D eigenvalue weighted by molar-refractivity contribution is -0.116. The number of carbonyl (C=O) groups is 2. The topological polar surface area (TPSA) is 67.4 Å².